The van der Waals surface area contributed by atoms with Crippen molar-refractivity contribution >= 4 is 0 Å². The zero-order valence-corrected chi connectivity index (χ0v) is 11.3. The quantitative estimate of drug-likeness (QED) is 0.778. The Morgan fingerprint density at radius 3 is 2.75 bits per heavy atom. The Balaban J connectivity index is 2.38. The molecule has 4 unspecified atom stereocenters. The fourth-order valence-corrected chi connectivity index (χ4v) is 2.35. The first-order chi connectivity index (χ1) is 7.58. The summed E-state index contributed by atoms with van der Waals surface area (Å²) in [7, 11) is 1.82. The number of hydrogen-bond donors (Lipinski definition) is 1. The van der Waals surface area contributed by atoms with Crippen molar-refractivity contribution in [2.45, 2.75) is 45.8 Å². The van der Waals surface area contributed by atoms with Crippen molar-refractivity contribution in [2.24, 2.45) is 17.6 Å². The van der Waals surface area contributed by atoms with Crippen LogP contribution in [0.25, 0.3) is 0 Å². The Bertz CT molecular complexity index is 198. The van der Waals surface area contributed by atoms with Gasteiger partial charge in [-0.1, -0.05) is 27.2 Å². The first-order valence-corrected chi connectivity index (χ1v) is 6.59. The first-order valence-electron chi connectivity index (χ1n) is 6.59. The highest BCUT2D eigenvalue weighted by molar-refractivity contribution is 4.82. The fraction of sp³-hybridized carbons (Fsp3) is 1.00. The summed E-state index contributed by atoms with van der Waals surface area (Å²) in [6, 6.07) is 0.302. The van der Waals surface area contributed by atoms with Crippen LogP contribution in [0.5, 0.6) is 0 Å². The molecular weight excluding hydrogens is 200 g/mol. The predicted molar refractivity (Wildman–Crippen MR) is 68.4 cm³/mol. The van der Waals surface area contributed by atoms with E-state index in [0.717, 1.165) is 13.1 Å². The van der Waals surface area contributed by atoms with Crippen molar-refractivity contribution in [2.75, 3.05) is 26.7 Å². The molecule has 96 valence electrons. The van der Waals surface area contributed by atoms with Crippen LogP contribution < -0.4 is 5.73 Å². The number of nitrogens with zero attached hydrogens (tertiary/aromatic N) is 1. The molecular formula is C13H28N2O. The minimum atomic E-state index is 0.302. The molecule has 4 atom stereocenters. The van der Waals surface area contributed by atoms with Crippen molar-refractivity contribution < 1.29 is 4.74 Å². The number of hydrogen-bond acceptors (Lipinski definition) is 3. The van der Waals surface area contributed by atoms with E-state index < -0.39 is 0 Å². The Hall–Kier alpha value is -0.120. The van der Waals surface area contributed by atoms with Gasteiger partial charge in [0.05, 0.1) is 6.10 Å². The molecule has 0 aliphatic carbocycles. The van der Waals surface area contributed by atoms with Crippen LogP contribution in [0.15, 0.2) is 0 Å². The van der Waals surface area contributed by atoms with Gasteiger partial charge in [-0.25, -0.2) is 0 Å². The van der Waals surface area contributed by atoms with Gasteiger partial charge < -0.3 is 10.5 Å². The molecule has 1 heterocycles. The maximum atomic E-state index is 6.20. The average Bonchev–Trinajstić information content (AvgIpc) is 2.30. The van der Waals surface area contributed by atoms with E-state index in [-0.39, 0.29) is 0 Å². The summed E-state index contributed by atoms with van der Waals surface area (Å²) in [5.74, 6) is 1.29. The molecule has 1 fully saturated rings. The van der Waals surface area contributed by atoms with Crippen molar-refractivity contribution in [3.05, 3.63) is 0 Å². The smallest absolute Gasteiger partial charge is 0.0724 e. The van der Waals surface area contributed by atoms with E-state index in [1.54, 1.807) is 0 Å². The van der Waals surface area contributed by atoms with Gasteiger partial charge in [-0.3, -0.25) is 4.90 Å². The van der Waals surface area contributed by atoms with E-state index >= 15 is 0 Å². The lowest BCUT2D eigenvalue weighted by atomic mass is 9.94. The number of likely N-dealkylation sites (tertiary alicyclic amines) is 1. The van der Waals surface area contributed by atoms with E-state index in [4.69, 9.17) is 10.5 Å². The molecule has 0 aromatic rings. The average molecular weight is 228 g/mol. The van der Waals surface area contributed by atoms with Crippen molar-refractivity contribution in [3.8, 4) is 0 Å². The summed E-state index contributed by atoms with van der Waals surface area (Å²) in [6.45, 7) is 9.96. The van der Waals surface area contributed by atoms with Crippen LogP contribution in [-0.2, 0) is 4.74 Å². The molecule has 1 saturated heterocycles. The molecule has 0 amide bonds. The highest BCUT2D eigenvalue weighted by Gasteiger charge is 2.27. The summed E-state index contributed by atoms with van der Waals surface area (Å²) in [5.41, 5.74) is 6.20. The lowest BCUT2D eigenvalue weighted by Gasteiger charge is -2.38. The second-order valence-corrected chi connectivity index (χ2v) is 5.35. The maximum absolute atomic E-state index is 6.20. The van der Waals surface area contributed by atoms with E-state index in [2.05, 4.69) is 25.7 Å². The van der Waals surface area contributed by atoms with Crippen molar-refractivity contribution in [1.82, 2.24) is 4.90 Å². The third-order valence-corrected chi connectivity index (χ3v) is 4.12. The van der Waals surface area contributed by atoms with E-state index in [1.807, 2.05) is 7.11 Å². The molecule has 0 radical (unpaired) electrons. The molecule has 0 aromatic heterocycles. The third-order valence-electron chi connectivity index (χ3n) is 4.12. The number of ether oxygens (including phenoxy) is 1. The van der Waals surface area contributed by atoms with Gasteiger partial charge in [0.1, 0.15) is 0 Å². The SMILES string of the molecule is CCC(C)C(N)CN1CCC(C)C(OC)C1. The van der Waals surface area contributed by atoms with Crippen LogP contribution in [-0.4, -0.2) is 43.8 Å². The Morgan fingerprint density at radius 2 is 2.19 bits per heavy atom. The fourth-order valence-electron chi connectivity index (χ4n) is 2.35. The number of piperidine rings is 1. The monoisotopic (exact) mass is 228 g/mol. The van der Waals surface area contributed by atoms with Gasteiger partial charge in [-0.2, -0.15) is 0 Å². The summed E-state index contributed by atoms with van der Waals surface area (Å²) in [5, 5.41) is 0. The van der Waals surface area contributed by atoms with Gasteiger partial charge in [0, 0.05) is 26.2 Å². The van der Waals surface area contributed by atoms with Gasteiger partial charge in [-0.15, -0.1) is 0 Å². The van der Waals surface area contributed by atoms with Crippen molar-refractivity contribution in [1.29, 1.82) is 0 Å². The molecule has 3 heteroatoms. The molecule has 1 aliphatic rings. The number of methoxy groups -OCH3 is 1. The van der Waals surface area contributed by atoms with Gasteiger partial charge in [0.25, 0.3) is 0 Å². The third kappa shape index (κ3) is 3.72. The Kier molecular flexibility index (Phi) is 5.73. The van der Waals surface area contributed by atoms with Gasteiger partial charge in [0.2, 0.25) is 0 Å². The summed E-state index contributed by atoms with van der Waals surface area (Å²) < 4.78 is 5.52. The van der Waals surface area contributed by atoms with Gasteiger partial charge in [0.15, 0.2) is 0 Å². The minimum absolute atomic E-state index is 0.302. The summed E-state index contributed by atoms with van der Waals surface area (Å²) in [4.78, 5) is 2.46. The second kappa shape index (κ2) is 6.58. The topological polar surface area (TPSA) is 38.5 Å². The largest absolute Gasteiger partial charge is 0.380 e. The molecule has 0 aromatic carbocycles. The Morgan fingerprint density at radius 1 is 1.50 bits per heavy atom. The zero-order chi connectivity index (χ0) is 12.1. The molecule has 1 aliphatic heterocycles. The van der Waals surface area contributed by atoms with Gasteiger partial charge in [-0.05, 0) is 24.8 Å². The number of nitrogens with two attached hydrogens (primary N) is 1. The normalized spacial score (nSPS) is 31.3. The van der Waals surface area contributed by atoms with Crippen LogP contribution in [0, 0.1) is 11.8 Å². The second-order valence-electron chi connectivity index (χ2n) is 5.35. The van der Waals surface area contributed by atoms with E-state index in [0.29, 0.717) is 24.0 Å². The molecule has 2 N–H and O–H groups in total. The van der Waals surface area contributed by atoms with Crippen LogP contribution in [0.3, 0.4) is 0 Å². The predicted octanol–water partition coefficient (Wildman–Crippen LogP) is 1.72. The first kappa shape index (κ1) is 13.9. The maximum Gasteiger partial charge on any atom is 0.0724 e. The van der Waals surface area contributed by atoms with E-state index in [1.165, 1.54) is 19.4 Å². The minimum Gasteiger partial charge on any atom is -0.380 e. The lowest BCUT2D eigenvalue weighted by Crippen LogP contribution is -2.49. The standard InChI is InChI=1S/C13H28N2O/c1-5-10(2)12(14)8-15-7-6-11(3)13(9-15)16-4/h10-13H,5-9,14H2,1-4H3. The van der Waals surface area contributed by atoms with Crippen LogP contribution in [0.1, 0.15) is 33.6 Å². The molecule has 0 spiro atoms. The number of rotatable bonds is 5. The molecule has 3 nitrogen and oxygen atoms in total. The highest BCUT2D eigenvalue weighted by atomic mass is 16.5. The molecule has 0 saturated carbocycles. The van der Waals surface area contributed by atoms with Crippen LogP contribution >= 0.6 is 0 Å². The summed E-state index contributed by atoms with van der Waals surface area (Å²) >= 11 is 0. The van der Waals surface area contributed by atoms with E-state index in [9.17, 15) is 0 Å². The van der Waals surface area contributed by atoms with Crippen LogP contribution in [0.2, 0.25) is 0 Å². The zero-order valence-electron chi connectivity index (χ0n) is 11.3. The molecule has 0 bridgehead atoms. The molecule has 1 rings (SSSR count). The molecule has 16 heavy (non-hydrogen) atoms. The lowest BCUT2D eigenvalue weighted by molar-refractivity contribution is -0.00777. The summed E-state index contributed by atoms with van der Waals surface area (Å²) in [6.07, 6.45) is 2.78. The van der Waals surface area contributed by atoms with Crippen LogP contribution in [0.4, 0.5) is 0 Å². The highest BCUT2D eigenvalue weighted by Crippen LogP contribution is 2.20. The van der Waals surface area contributed by atoms with Gasteiger partial charge >= 0.3 is 0 Å². The Labute approximate surface area is 100 Å². The van der Waals surface area contributed by atoms with Crippen molar-refractivity contribution in [3.63, 3.8) is 0 Å².